The molecule has 0 atom stereocenters. The number of benzene rings is 1. The van der Waals surface area contributed by atoms with E-state index < -0.39 is 4.92 Å². The van der Waals surface area contributed by atoms with Gasteiger partial charge in [-0.2, -0.15) is 0 Å². The maximum atomic E-state index is 10.8. The van der Waals surface area contributed by atoms with Crippen molar-refractivity contribution in [3.8, 4) is 21.7 Å². The topological polar surface area (TPSA) is 95.2 Å². The van der Waals surface area contributed by atoms with Crippen molar-refractivity contribution in [3.05, 3.63) is 51.5 Å². The van der Waals surface area contributed by atoms with E-state index in [0.717, 1.165) is 11.3 Å². The van der Waals surface area contributed by atoms with Crippen LogP contribution in [0.25, 0.3) is 21.7 Å². The van der Waals surface area contributed by atoms with Crippen LogP contribution in [0.15, 0.2) is 40.9 Å². The van der Waals surface area contributed by atoms with E-state index >= 15 is 0 Å². The molecular formula is C13H8ClN3O3S. The van der Waals surface area contributed by atoms with Crippen LogP contribution in [0.1, 0.15) is 0 Å². The molecule has 0 radical (unpaired) electrons. The molecule has 2 N–H and O–H groups in total. The number of aromatic nitrogens is 1. The number of hydrogen-bond acceptors (Lipinski definition) is 6. The molecule has 3 aromatic rings. The maximum absolute atomic E-state index is 10.8. The van der Waals surface area contributed by atoms with Gasteiger partial charge in [0, 0.05) is 16.7 Å². The van der Waals surface area contributed by atoms with Crippen molar-refractivity contribution < 1.29 is 9.45 Å². The van der Waals surface area contributed by atoms with Gasteiger partial charge in [0.1, 0.15) is 5.69 Å². The highest BCUT2D eigenvalue weighted by atomic mass is 35.5. The van der Waals surface area contributed by atoms with Crippen LogP contribution < -0.4 is 5.73 Å². The lowest BCUT2D eigenvalue weighted by atomic mass is 10.0. The monoisotopic (exact) mass is 321 g/mol. The minimum absolute atomic E-state index is 0.0247. The predicted molar refractivity (Wildman–Crippen MR) is 81.3 cm³/mol. The van der Waals surface area contributed by atoms with Crippen LogP contribution in [0.3, 0.4) is 0 Å². The molecular weight excluding hydrogens is 314 g/mol. The Labute approximate surface area is 127 Å². The summed E-state index contributed by atoms with van der Waals surface area (Å²) in [5.41, 5.74) is 7.48. The van der Waals surface area contributed by atoms with Crippen molar-refractivity contribution >= 4 is 33.8 Å². The number of rotatable bonds is 3. The second kappa shape index (κ2) is 5.19. The Balaban J connectivity index is 2.17. The fourth-order valence-electron chi connectivity index (χ4n) is 1.95. The molecule has 0 bridgehead atoms. The van der Waals surface area contributed by atoms with E-state index in [9.17, 15) is 10.1 Å². The molecule has 0 saturated heterocycles. The number of hydrogen-bond donors (Lipinski definition) is 1. The normalized spacial score (nSPS) is 10.7. The van der Waals surface area contributed by atoms with E-state index in [0.29, 0.717) is 26.7 Å². The molecule has 2 aromatic heterocycles. The molecule has 8 heteroatoms. The maximum Gasteiger partial charge on any atom is 0.324 e. The Morgan fingerprint density at radius 1 is 1.29 bits per heavy atom. The minimum atomic E-state index is -0.452. The van der Waals surface area contributed by atoms with Crippen molar-refractivity contribution in [2.45, 2.75) is 0 Å². The molecule has 3 rings (SSSR count). The lowest BCUT2D eigenvalue weighted by Gasteiger charge is -2.03. The van der Waals surface area contributed by atoms with Gasteiger partial charge in [-0.3, -0.25) is 10.1 Å². The molecule has 0 aliphatic rings. The first-order valence-electron chi connectivity index (χ1n) is 5.82. The molecule has 6 nitrogen and oxygen atoms in total. The lowest BCUT2D eigenvalue weighted by molar-refractivity contribution is -0.380. The van der Waals surface area contributed by atoms with Gasteiger partial charge in [0.2, 0.25) is 5.88 Å². The highest BCUT2D eigenvalue weighted by Gasteiger charge is 2.22. The molecule has 0 unspecified atom stereocenters. The summed E-state index contributed by atoms with van der Waals surface area (Å²) in [5.74, 6) is 0.120. The van der Waals surface area contributed by atoms with Crippen LogP contribution >= 0.6 is 22.9 Å². The summed E-state index contributed by atoms with van der Waals surface area (Å²) >= 11 is 7.17. The Bertz CT molecular complexity index is 828. The molecule has 0 saturated carbocycles. The SMILES string of the molecule is Nc1onc(-c2ccc([N+](=O)[O-])s2)c1-c1ccccc1Cl. The summed E-state index contributed by atoms with van der Waals surface area (Å²) in [5, 5.41) is 15.2. The average molecular weight is 322 g/mol. The van der Waals surface area contributed by atoms with Gasteiger partial charge in [-0.05, 0) is 12.1 Å². The average Bonchev–Trinajstić information content (AvgIpc) is 3.06. The van der Waals surface area contributed by atoms with E-state index in [4.69, 9.17) is 21.9 Å². The summed E-state index contributed by atoms with van der Waals surface area (Å²) in [6, 6.07) is 10.2. The molecule has 0 amide bonds. The minimum Gasteiger partial charge on any atom is -0.367 e. The highest BCUT2D eigenvalue weighted by molar-refractivity contribution is 7.18. The zero-order valence-corrected chi connectivity index (χ0v) is 12.0. The Morgan fingerprint density at radius 2 is 2.05 bits per heavy atom. The number of nitrogens with zero attached hydrogens (tertiary/aromatic N) is 2. The van der Waals surface area contributed by atoms with Gasteiger partial charge in [-0.15, -0.1) is 0 Å². The molecule has 1 aromatic carbocycles. The second-order valence-electron chi connectivity index (χ2n) is 4.15. The summed E-state index contributed by atoms with van der Waals surface area (Å²) < 4.78 is 5.04. The zero-order valence-electron chi connectivity index (χ0n) is 10.4. The Kier molecular flexibility index (Phi) is 3.36. The van der Waals surface area contributed by atoms with Crippen molar-refractivity contribution in [2.24, 2.45) is 0 Å². The highest BCUT2D eigenvalue weighted by Crippen LogP contribution is 2.42. The van der Waals surface area contributed by atoms with E-state index in [2.05, 4.69) is 5.16 Å². The van der Waals surface area contributed by atoms with Gasteiger partial charge in [-0.1, -0.05) is 46.3 Å². The number of thiophene rings is 1. The van der Waals surface area contributed by atoms with Crippen LogP contribution in [0.2, 0.25) is 5.02 Å². The van der Waals surface area contributed by atoms with Crippen LogP contribution in [0.5, 0.6) is 0 Å². The van der Waals surface area contributed by atoms with Gasteiger partial charge in [-0.25, -0.2) is 0 Å². The fourth-order valence-corrected chi connectivity index (χ4v) is 2.99. The molecule has 2 heterocycles. The predicted octanol–water partition coefficient (Wildman–Crippen LogP) is 4.21. The quantitative estimate of drug-likeness (QED) is 0.575. The van der Waals surface area contributed by atoms with Gasteiger partial charge >= 0.3 is 5.00 Å². The largest absolute Gasteiger partial charge is 0.367 e. The first kappa shape index (κ1) is 13.6. The summed E-state index contributed by atoms with van der Waals surface area (Å²) in [7, 11) is 0. The number of nitro groups is 1. The number of nitrogen functional groups attached to an aromatic ring is 1. The molecule has 21 heavy (non-hydrogen) atoms. The standard InChI is InChI=1S/C13H8ClN3O3S/c14-8-4-2-1-3-7(8)11-12(16-20-13(11)15)9-5-6-10(21-9)17(18)19/h1-6H,15H2. The summed E-state index contributed by atoms with van der Waals surface area (Å²) in [6.45, 7) is 0. The van der Waals surface area contributed by atoms with Crippen LogP contribution in [0.4, 0.5) is 10.9 Å². The lowest BCUT2D eigenvalue weighted by Crippen LogP contribution is -1.87. The molecule has 0 fully saturated rings. The Hall–Kier alpha value is -2.38. The first-order chi connectivity index (χ1) is 10.1. The van der Waals surface area contributed by atoms with Crippen LogP contribution in [-0.4, -0.2) is 10.1 Å². The van der Waals surface area contributed by atoms with Gasteiger partial charge in [0.15, 0.2) is 0 Å². The third-order valence-electron chi connectivity index (χ3n) is 2.87. The molecule has 0 aliphatic carbocycles. The molecule has 0 aliphatic heterocycles. The van der Waals surface area contributed by atoms with Crippen LogP contribution in [-0.2, 0) is 0 Å². The third-order valence-corrected chi connectivity index (χ3v) is 4.24. The Morgan fingerprint density at radius 3 is 2.71 bits per heavy atom. The van der Waals surface area contributed by atoms with Gasteiger partial charge < -0.3 is 10.3 Å². The van der Waals surface area contributed by atoms with Crippen molar-refractivity contribution in [3.63, 3.8) is 0 Å². The van der Waals surface area contributed by atoms with Crippen LogP contribution in [0, 0.1) is 10.1 Å². The van der Waals surface area contributed by atoms with Crippen molar-refractivity contribution in [1.29, 1.82) is 0 Å². The molecule has 106 valence electrons. The third kappa shape index (κ3) is 2.37. The van der Waals surface area contributed by atoms with E-state index in [1.807, 2.05) is 6.07 Å². The van der Waals surface area contributed by atoms with Gasteiger partial charge in [0.05, 0.1) is 15.4 Å². The number of halogens is 1. The summed E-state index contributed by atoms with van der Waals surface area (Å²) in [4.78, 5) is 10.9. The van der Waals surface area contributed by atoms with Crippen molar-refractivity contribution in [1.82, 2.24) is 5.16 Å². The zero-order chi connectivity index (χ0) is 15.0. The molecule has 0 spiro atoms. The smallest absolute Gasteiger partial charge is 0.324 e. The van der Waals surface area contributed by atoms with Crippen molar-refractivity contribution in [2.75, 3.05) is 5.73 Å². The summed E-state index contributed by atoms with van der Waals surface area (Å²) in [6.07, 6.45) is 0. The fraction of sp³-hybridized carbons (Fsp3) is 0. The van der Waals surface area contributed by atoms with E-state index in [-0.39, 0.29) is 10.9 Å². The van der Waals surface area contributed by atoms with E-state index in [1.165, 1.54) is 6.07 Å². The second-order valence-corrected chi connectivity index (χ2v) is 5.61. The number of nitrogens with two attached hydrogens (primary N) is 1. The van der Waals surface area contributed by atoms with E-state index in [1.54, 1.807) is 24.3 Å². The van der Waals surface area contributed by atoms with Gasteiger partial charge in [0.25, 0.3) is 0 Å². The first-order valence-corrected chi connectivity index (χ1v) is 7.02. The number of anilines is 1.